The van der Waals surface area contributed by atoms with Crippen LogP contribution in [0.2, 0.25) is 0 Å². The van der Waals surface area contributed by atoms with Crippen LogP contribution in [-0.2, 0) is 0 Å². The number of anilines is 3. The number of rotatable bonds is 6. The first-order valence-corrected chi connectivity index (χ1v) is 18.6. The summed E-state index contributed by atoms with van der Waals surface area (Å²) in [5.74, 6) is 0. The Kier molecular flexibility index (Phi) is 7.41. The topological polar surface area (TPSA) is 3.24 Å². The van der Waals surface area contributed by atoms with Gasteiger partial charge in [-0.15, -0.1) is 11.3 Å². The maximum atomic E-state index is 2.46. The highest BCUT2D eigenvalue weighted by molar-refractivity contribution is 7.26. The lowest BCUT2D eigenvalue weighted by molar-refractivity contribution is 1.32. The van der Waals surface area contributed by atoms with E-state index in [1.165, 1.54) is 80.8 Å². The summed E-state index contributed by atoms with van der Waals surface area (Å²) >= 11 is 1.87. The molecule has 0 aliphatic carbocycles. The second-order valence-corrected chi connectivity index (χ2v) is 14.3. The smallest absolute Gasteiger partial charge is 0.0640 e. The first-order chi connectivity index (χ1) is 25.8. The van der Waals surface area contributed by atoms with Crippen molar-refractivity contribution in [2.45, 2.75) is 0 Å². The SMILES string of the molecule is c1ccc(-c2cccc3ccc(-c4ccc(N(c5ccc(-c6ccccc6)c6ccccc56)c5cccc6c5sc5ccccc56)cc4)cc23)cc1. The van der Waals surface area contributed by atoms with E-state index in [4.69, 9.17) is 0 Å². The molecular weight excluding hydrogens is 647 g/mol. The van der Waals surface area contributed by atoms with Gasteiger partial charge in [-0.2, -0.15) is 0 Å². The summed E-state index contributed by atoms with van der Waals surface area (Å²) in [7, 11) is 0. The van der Waals surface area contributed by atoms with E-state index in [2.05, 4.69) is 205 Å². The van der Waals surface area contributed by atoms with Crippen molar-refractivity contribution < 1.29 is 0 Å². The molecule has 52 heavy (non-hydrogen) atoms. The molecule has 0 aliphatic rings. The molecule has 0 radical (unpaired) electrons. The molecule has 0 aliphatic heterocycles. The fourth-order valence-electron chi connectivity index (χ4n) is 7.79. The van der Waals surface area contributed by atoms with Crippen LogP contribution >= 0.6 is 11.3 Å². The highest BCUT2D eigenvalue weighted by Crippen LogP contribution is 2.47. The van der Waals surface area contributed by atoms with Gasteiger partial charge in [-0.25, -0.2) is 0 Å². The van der Waals surface area contributed by atoms with Gasteiger partial charge in [-0.1, -0.05) is 164 Å². The largest absolute Gasteiger partial charge is 0.308 e. The molecule has 9 aromatic carbocycles. The Morgan fingerprint density at radius 2 is 0.942 bits per heavy atom. The van der Waals surface area contributed by atoms with Crippen molar-refractivity contribution in [1.29, 1.82) is 0 Å². The van der Waals surface area contributed by atoms with Crippen LogP contribution in [0.5, 0.6) is 0 Å². The summed E-state index contributed by atoms with van der Waals surface area (Å²) in [5.41, 5.74) is 10.8. The molecule has 1 aromatic heterocycles. The normalized spacial score (nSPS) is 11.5. The first-order valence-electron chi connectivity index (χ1n) is 17.8. The predicted molar refractivity (Wildman–Crippen MR) is 225 cm³/mol. The van der Waals surface area contributed by atoms with Crippen molar-refractivity contribution in [2.75, 3.05) is 4.90 Å². The standard InChI is InChI=1S/C50H33NS/c1-3-13-35(14-4-1)40-21-11-17-37-25-26-38(33-46(37)40)34-27-29-39(30-28-34)51(48-23-12-22-45-44-20-9-10-24-49(44)52-50(45)48)47-32-31-41(36-15-5-2-6-16-36)42-18-7-8-19-43(42)47/h1-33H. The van der Waals surface area contributed by atoms with Crippen molar-refractivity contribution in [3.05, 3.63) is 200 Å². The van der Waals surface area contributed by atoms with E-state index in [9.17, 15) is 0 Å². The van der Waals surface area contributed by atoms with E-state index in [0.717, 1.165) is 11.4 Å². The minimum absolute atomic E-state index is 1.12. The summed E-state index contributed by atoms with van der Waals surface area (Å²) in [5, 5.41) is 7.55. The number of benzene rings is 9. The van der Waals surface area contributed by atoms with Crippen LogP contribution in [0, 0.1) is 0 Å². The zero-order valence-electron chi connectivity index (χ0n) is 28.4. The van der Waals surface area contributed by atoms with Crippen LogP contribution in [0.15, 0.2) is 200 Å². The van der Waals surface area contributed by atoms with E-state index in [-0.39, 0.29) is 0 Å². The lowest BCUT2D eigenvalue weighted by atomic mass is 9.94. The molecule has 10 aromatic rings. The van der Waals surface area contributed by atoms with Gasteiger partial charge in [0.2, 0.25) is 0 Å². The Hall–Kier alpha value is -6.48. The van der Waals surface area contributed by atoms with Crippen LogP contribution in [-0.4, -0.2) is 0 Å². The number of thiophene rings is 1. The van der Waals surface area contributed by atoms with Crippen molar-refractivity contribution >= 4 is 70.1 Å². The molecule has 2 heteroatoms. The third kappa shape index (κ3) is 5.16. The third-order valence-electron chi connectivity index (χ3n) is 10.3. The molecule has 0 saturated carbocycles. The van der Waals surface area contributed by atoms with Crippen LogP contribution in [0.3, 0.4) is 0 Å². The molecule has 0 fully saturated rings. The molecule has 244 valence electrons. The Labute approximate surface area is 307 Å². The second-order valence-electron chi connectivity index (χ2n) is 13.3. The van der Waals surface area contributed by atoms with Crippen LogP contribution in [0.25, 0.3) is 75.1 Å². The van der Waals surface area contributed by atoms with E-state index >= 15 is 0 Å². The molecule has 1 heterocycles. The van der Waals surface area contributed by atoms with Gasteiger partial charge < -0.3 is 4.90 Å². The Balaban J connectivity index is 1.15. The molecule has 0 saturated heterocycles. The van der Waals surface area contributed by atoms with Crippen molar-refractivity contribution in [2.24, 2.45) is 0 Å². The molecule has 0 amide bonds. The van der Waals surface area contributed by atoms with Gasteiger partial charge in [0.05, 0.1) is 16.1 Å². The maximum absolute atomic E-state index is 2.46. The molecule has 0 bridgehead atoms. The third-order valence-corrected chi connectivity index (χ3v) is 11.5. The van der Waals surface area contributed by atoms with Gasteiger partial charge in [0.15, 0.2) is 0 Å². The molecule has 0 N–H and O–H groups in total. The van der Waals surface area contributed by atoms with Crippen molar-refractivity contribution in [1.82, 2.24) is 0 Å². The van der Waals surface area contributed by atoms with E-state index in [1.807, 2.05) is 11.3 Å². The Bertz CT molecular complexity index is 2890. The van der Waals surface area contributed by atoms with E-state index in [1.54, 1.807) is 0 Å². The summed E-state index contributed by atoms with van der Waals surface area (Å²) in [6.45, 7) is 0. The Morgan fingerprint density at radius 3 is 1.71 bits per heavy atom. The van der Waals surface area contributed by atoms with Crippen molar-refractivity contribution in [3.8, 4) is 33.4 Å². The van der Waals surface area contributed by atoms with Crippen LogP contribution < -0.4 is 4.90 Å². The summed E-state index contributed by atoms with van der Waals surface area (Å²) in [4.78, 5) is 2.46. The van der Waals surface area contributed by atoms with E-state index < -0.39 is 0 Å². The minimum Gasteiger partial charge on any atom is -0.308 e. The maximum Gasteiger partial charge on any atom is 0.0640 e. The monoisotopic (exact) mass is 679 g/mol. The molecule has 0 unspecified atom stereocenters. The highest BCUT2D eigenvalue weighted by atomic mass is 32.1. The molecule has 1 nitrogen and oxygen atoms in total. The average molecular weight is 680 g/mol. The van der Waals surface area contributed by atoms with Gasteiger partial charge >= 0.3 is 0 Å². The predicted octanol–water partition coefficient (Wildman–Crippen LogP) is 14.8. The van der Waals surface area contributed by atoms with Gasteiger partial charge in [0.1, 0.15) is 0 Å². The molecule has 0 spiro atoms. The van der Waals surface area contributed by atoms with Gasteiger partial charge in [-0.3, -0.25) is 0 Å². The van der Waals surface area contributed by atoms with Gasteiger partial charge in [0, 0.05) is 26.5 Å². The quantitative estimate of drug-likeness (QED) is 0.169. The van der Waals surface area contributed by atoms with Crippen LogP contribution in [0.1, 0.15) is 0 Å². The zero-order chi connectivity index (χ0) is 34.4. The zero-order valence-corrected chi connectivity index (χ0v) is 29.2. The minimum atomic E-state index is 1.12. The van der Waals surface area contributed by atoms with Gasteiger partial charge in [-0.05, 0) is 85.9 Å². The summed E-state index contributed by atoms with van der Waals surface area (Å²) in [6.07, 6.45) is 0. The molecule has 10 rings (SSSR count). The molecular formula is C50H33NS. The number of fused-ring (bicyclic) bond motifs is 5. The number of hydrogen-bond acceptors (Lipinski definition) is 2. The molecule has 0 atom stereocenters. The lowest BCUT2D eigenvalue weighted by Crippen LogP contribution is -2.10. The van der Waals surface area contributed by atoms with Crippen molar-refractivity contribution in [3.63, 3.8) is 0 Å². The van der Waals surface area contributed by atoms with Gasteiger partial charge in [0.25, 0.3) is 0 Å². The van der Waals surface area contributed by atoms with E-state index in [0.29, 0.717) is 0 Å². The highest BCUT2D eigenvalue weighted by Gasteiger charge is 2.21. The average Bonchev–Trinajstić information content (AvgIpc) is 3.61. The second kappa shape index (κ2) is 12.7. The fourth-order valence-corrected chi connectivity index (χ4v) is 8.99. The fraction of sp³-hybridized carbons (Fsp3) is 0. The summed E-state index contributed by atoms with van der Waals surface area (Å²) in [6, 6.07) is 72.9. The number of hydrogen-bond donors (Lipinski definition) is 0. The Morgan fingerprint density at radius 1 is 0.327 bits per heavy atom. The van der Waals surface area contributed by atoms with Crippen LogP contribution in [0.4, 0.5) is 17.1 Å². The first kappa shape index (κ1) is 30.4. The summed E-state index contributed by atoms with van der Waals surface area (Å²) < 4.78 is 2.59. The lowest BCUT2D eigenvalue weighted by Gasteiger charge is -2.28. The number of nitrogens with zero attached hydrogens (tertiary/aromatic N) is 1.